The van der Waals surface area contributed by atoms with E-state index in [0.29, 0.717) is 4.32 Å². The molecule has 118 valence electrons. The fraction of sp³-hybridized carbons (Fsp3) is 0.917. The van der Waals surface area contributed by atoms with Gasteiger partial charge in [0.2, 0.25) is 0 Å². The van der Waals surface area contributed by atoms with Crippen LogP contribution < -0.4 is 0 Å². The molecule has 0 bridgehead atoms. The lowest BCUT2D eigenvalue weighted by atomic mass is 10.2. The maximum Gasteiger partial charge on any atom is 0.500 e. The Morgan fingerprint density at radius 3 is 2.15 bits per heavy atom. The predicted molar refractivity (Wildman–Crippen MR) is 88.3 cm³/mol. The molecule has 0 aliphatic carbocycles. The zero-order valence-corrected chi connectivity index (χ0v) is 15.2. The SMILES string of the molecule is CO[Si](CCCN(C(=S)[S-])N1CCCCC1)(OC)OC. The van der Waals surface area contributed by atoms with Gasteiger partial charge in [0.15, 0.2) is 0 Å². The van der Waals surface area contributed by atoms with E-state index in [2.05, 4.69) is 5.01 Å². The Morgan fingerprint density at radius 2 is 1.70 bits per heavy atom. The Kier molecular flexibility index (Phi) is 8.41. The Bertz CT molecular complexity index is 292. The van der Waals surface area contributed by atoms with Crippen molar-refractivity contribution >= 4 is 38.0 Å². The van der Waals surface area contributed by atoms with Gasteiger partial charge in [0, 0.05) is 47.0 Å². The quantitative estimate of drug-likeness (QED) is 0.379. The van der Waals surface area contributed by atoms with Crippen molar-refractivity contribution in [1.29, 1.82) is 0 Å². The summed E-state index contributed by atoms with van der Waals surface area (Å²) in [5.74, 6) is 0. The van der Waals surface area contributed by atoms with Crippen LogP contribution in [0.25, 0.3) is 0 Å². The van der Waals surface area contributed by atoms with Crippen LogP contribution >= 0.6 is 12.2 Å². The standard InChI is InChI=1S/C12H26N2O3S2Si/c1-15-20(16-2,17-3)11-7-10-14(12(18)19)13-8-5-4-6-9-13/h4-11H2,1-3H3,(H,18,19)/p-1. The highest BCUT2D eigenvalue weighted by Crippen LogP contribution is 2.17. The average molecular weight is 338 g/mol. The average Bonchev–Trinajstić information content (AvgIpc) is 2.49. The lowest BCUT2D eigenvalue weighted by Crippen LogP contribution is -2.49. The van der Waals surface area contributed by atoms with Gasteiger partial charge in [-0.15, -0.1) is 0 Å². The zero-order chi connectivity index (χ0) is 15.0. The minimum absolute atomic E-state index is 0.520. The molecule has 1 aliphatic heterocycles. The summed E-state index contributed by atoms with van der Waals surface area (Å²) >= 11 is 10.4. The smallest absolute Gasteiger partial charge is 0.410 e. The molecule has 0 N–H and O–H groups in total. The van der Waals surface area contributed by atoms with Crippen LogP contribution in [0.2, 0.25) is 6.04 Å². The number of hydrogen-bond acceptors (Lipinski definition) is 6. The maximum atomic E-state index is 5.43. The molecule has 0 saturated carbocycles. The van der Waals surface area contributed by atoms with Gasteiger partial charge >= 0.3 is 8.80 Å². The third-order valence-corrected chi connectivity index (χ3v) is 6.92. The van der Waals surface area contributed by atoms with Crippen LogP contribution in [0.3, 0.4) is 0 Å². The normalized spacial score (nSPS) is 17.1. The van der Waals surface area contributed by atoms with Crippen molar-refractivity contribution in [2.24, 2.45) is 0 Å². The summed E-state index contributed by atoms with van der Waals surface area (Å²) in [6, 6.07) is 0.763. The minimum atomic E-state index is -2.49. The van der Waals surface area contributed by atoms with Gasteiger partial charge in [0.1, 0.15) is 0 Å². The lowest BCUT2D eigenvalue weighted by Gasteiger charge is -2.41. The van der Waals surface area contributed by atoms with E-state index in [4.69, 9.17) is 38.1 Å². The Hall–Kier alpha value is 0.167. The molecule has 0 aromatic rings. The number of rotatable bonds is 8. The molecule has 0 radical (unpaired) electrons. The van der Waals surface area contributed by atoms with Gasteiger partial charge in [-0.05, 0) is 23.6 Å². The van der Waals surface area contributed by atoms with Gasteiger partial charge in [0.05, 0.1) is 0 Å². The van der Waals surface area contributed by atoms with E-state index in [1.54, 1.807) is 21.3 Å². The first kappa shape index (κ1) is 18.2. The van der Waals surface area contributed by atoms with E-state index in [-0.39, 0.29) is 0 Å². The summed E-state index contributed by atoms with van der Waals surface area (Å²) < 4.78 is 16.8. The predicted octanol–water partition coefficient (Wildman–Crippen LogP) is 1.79. The van der Waals surface area contributed by atoms with Crippen LogP contribution in [0.15, 0.2) is 0 Å². The molecule has 1 saturated heterocycles. The van der Waals surface area contributed by atoms with Gasteiger partial charge in [-0.25, -0.2) is 5.01 Å². The Morgan fingerprint density at radius 1 is 1.15 bits per heavy atom. The fourth-order valence-electron chi connectivity index (χ4n) is 2.47. The number of nitrogens with zero attached hydrogens (tertiary/aromatic N) is 2. The lowest BCUT2D eigenvalue weighted by molar-refractivity contribution is 0.0293. The molecule has 5 nitrogen and oxygen atoms in total. The summed E-state index contributed by atoms with van der Waals surface area (Å²) in [5, 5.41) is 4.32. The topological polar surface area (TPSA) is 34.2 Å². The van der Waals surface area contributed by atoms with Crippen molar-refractivity contribution in [1.82, 2.24) is 10.0 Å². The summed E-state index contributed by atoms with van der Waals surface area (Å²) in [6.07, 6.45) is 4.60. The summed E-state index contributed by atoms with van der Waals surface area (Å²) in [7, 11) is 2.42. The van der Waals surface area contributed by atoms with E-state index in [9.17, 15) is 0 Å². The van der Waals surface area contributed by atoms with Crippen LogP contribution in [0.4, 0.5) is 0 Å². The summed E-state index contributed by atoms with van der Waals surface area (Å²) in [4.78, 5) is 0. The van der Waals surface area contributed by atoms with Crippen LogP contribution in [-0.2, 0) is 25.9 Å². The monoisotopic (exact) mass is 337 g/mol. The molecule has 0 aromatic carbocycles. The first-order valence-electron chi connectivity index (χ1n) is 6.97. The van der Waals surface area contributed by atoms with E-state index in [1.165, 1.54) is 19.3 Å². The van der Waals surface area contributed by atoms with Gasteiger partial charge in [-0.2, -0.15) is 0 Å². The summed E-state index contributed by atoms with van der Waals surface area (Å²) in [5.41, 5.74) is 0. The minimum Gasteiger partial charge on any atom is -0.410 e. The fourth-order valence-corrected chi connectivity index (χ4v) is 4.59. The highest BCUT2D eigenvalue weighted by atomic mass is 32.1. The third-order valence-electron chi connectivity index (χ3n) is 3.67. The third kappa shape index (κ3) is 5.17. The van der Waals surface area contributed by atoms with Crippen molar-refractivity contribution in [2.75, 3.05) is 41.0 Å². The maximum absolute atomic E-state index is 5.43. The molecule has 0 unspecified atom stereocenters. The van der Waals surface area contributed by atoms with E-state index in [1.807, 2.05) is 5.01 Å². The van der Waals surface area contributed by atoms with Crippen LogP contribution in [0, 0.1) is 0 Å². The van der Waals surface area contributed by atoms with Gasteiger partial charge in [-0.3, -0.25) is 0 Å². The van der Waals surface area contributed by atoms with Gasteiger partial charge in [0.25, 0.3) is 0 Å². The first-order valence-corrected chi connectivity index (χ1v) is 9.72. The second-order valence-corrected chi connectivity index (χ2v) is 8.92. The molecular weight excluding hydrogens is 312 g/mol. The van der Waals surface area contributed by atoms with Gasteiger partial charge < -0.3 is 43.1 Å². The molecule has 0 atom stereocenters. The Balaban J connectivity index is 2.48. The number of hydrogen-bond donors (Lipinski definition) is 0. The van der Waals surface area contributed by atoms with Gasteiger partial charge in [-0.1, -0.05) is 6.42 Å². The first-order chi connectivity index (χ1) is 9.58. The van der Waals surface area contributed by atoms with Crippen molar-refractivity contribution in [2.45, 2.75) is 31.7 Å². The number of hydrazine groups is 1. The molecule has 1 heterocycles. The van der Waals surface area contributed by atoms with E-state index < -0.39 is 8.80 Å². The Labute approximate surface area is 134 Å². The van der Waals surface area contributed by atoms with Crippen molar-refractivity contribution < 1.29 is 13.3 Å². The van der Waals surface area contributed by atoms with Crippen LogP contribution in [-0.4, -0.2) is 64.1 Å². The molecule has 1 fully saturated rings. The number of piperidine rings is 1. The number of thiocarbonyl (C=S) groups is 1. The molecule has 0 amide bonds. The molecule has 0 spiro atoms. The van der Waals surface area contributed by atoms with E-state index >= 15 is 0 Å². The molecule has 1 rings (SSSR count). The molecular formula is C12H25N2O3S2Si-. The zero-order valence-electron chi connectivity index (χ0n) is 12.6. The van der Waals surface area contributed by atoms with Crippen LogP contribution in [0.5, 0.6) is 0 Å². The molecule has 0 aromatic heterocycles. The second-order valence-electron chi connectivity index (χ2n) is 4.80. The van der Waals surface area contributed by atoms with Crippen LogP contribution in [0.1, 0.15) is 25.7 Å². The molecule has 8 heteroatoms. The van der Waals surface area contributed by atoms with Crippen molar-refractivity contribution in [3.63, 3.8) is 0 Å². The largest absolute Gasteiger partial charge is 0.500 e. The highest BCUT2D eigenvalue weighted by Gasteiger charge is 2.37. The van der Waals surface area contributed by atoms with Crippen molar-refractivity contribution in [3.05, 3.63) is 0 Å². The van der Waals surface area contributed by atoms with Crippen molar-refractivity contribution in [3.8, 4) is 0 Å². The summed E-state index contributed by atoms with van der Waals surface area (Å²) in [6.45, 7) is 2.88. The highest BCUT2D eigenvalue weighted by molar-refractivity contribution is 8.00. The second kappa shape index (κ2) is 9.24. The molecule has 1 aliphatic rings. The van der Waals surface area contributed by atoms with E-state index in [0.717, 1.165) is 32.1 Å². The molecule has 20 heavy (non-hydrogen) atoms.